The summed E-state index contributed by atoms with van der Waals surface area (Å²) < 4.78 is 0.867. The first-order chi connectivity index (χ1) is 7.46. The highest BCUT2D eigenvalue weighted by molar-refractivity contribution is 5.84. The number of phenols is 1. The van der Waals surface area contributed by atoms with Gasteiger partial charge in [0.1, 0.15) is 17.8 Å². The molecule has 0 unspecified atom stereocenters. The number of hydrogen-bond donors (Lipinski definition) is 1. The predicted molar refractivity (Wildman–Crippen MR) is 65.1 cm³/mol. The zero-order valence-electron chi connectivity index (χ0n) is 10.3. The second-order valence-corrected chi connectivity index (χ2v) is 5.14. The molecule has 17 heavy (non-hydrogen) atoms. The average Bonchev–Trinajstić information content (AvgIpc) is 2.15. The van der Waals surface area contributed by atoms with Crippen molar-refractivity contribution in [3.8, 4) is 5.75 Å². The Hall–Kier alpha value is -1.13. The predicted octanol–water partition coefficient (Wildman–Crippen LogP) is -0.849. The summed E-state index contributed by atoms with van der Waals surface area (Å²) in [6, 6.07) is 7.57. The number of nitrogens with zero attached hydrogens (tertiary/aromatic N) is 2. The van der Waals surface area contributed by atoms with Crippen molar-refractivity contribution in [2.24, 2.45) is 0 Å². The molecule has 2 aromatic rings. The largest absolute Gasteiger partial charge is 1.00 e. The molecule has 0 bridgehead atoms. The van der Waals surface area contributed by atoms with E-state index in [2.05, 4.69) is 32.2 Å². The highest BCUT2D eigenvalue weighted by Gasteiger charge is 2.10. The molecule has 0 aliphatic heterocycles. The van der Waals surface area contributed by atoms with Crippen LogP contribution in [0, 0.1) is 0 Å². The van der Waals surface area contributed by atoms with Crippen LogP contribution in [0.3, 0.4) is 0 Å². The molecule has 0 atom stereocenters. The Kier molecular flexibility index (Phi) is 4.11. The van der Waals surface area contributed by atoms with E-state index in [-0.39, 0.29) is 22.7 Å². The molecule has 1 N–H and O–H groups in total. The molecule has 0 saturated heterocycles. The lowest BCUT2D eigenvalue weighted by Crippen LogP contribution is -3.00. The van der Waals surface area contributed by atoms with E-state index >= 15 is 0 Å². The monoisotopic (exact) mass is 296 g/mol. The number of aromatic hydroxyl groups is 1. The third-order valence-corrected chi connectivity index (χ3v) is 2.40. The lowest BCUT2D eigenvalue weighted by Gasteiger charge is -2.23. The van der Waals surface area contributed by atoms with Gasteiger partial charge in [0, 0.05) is 17.1 Å². The van der Waals surface area contributed by atoms with Crippen molar-refractivity contribution in [3.63, 3.8) is 0 Å². The summed E-state index contributed by atoms with van der Waals surface area (Å²) in [5, 5.41) is 10.6. The normalized spacial score (nSPS) is 11.2. The SMILES string of the molecule is C[N+](C)(C)Cc1cnc2c(O)cccc2c1.[Br-]. The third-order valence-electron chi connectivity index (χ3n) is 2.40. The average molecular weight is 297 g/mol. The summed E-state index contributed by atoms with van der Waals surface area (Å²) in [7, 11) is 6.44. The van der Waals surface area contributed by atoms with Gasteiger partial charge in [-0.15, -0.1) is 0 Å². The number of benzene rings is 1. The van der Waals surface area contributed by atoms with Gasteiger partial charge in [-0.25, -0.2) is 0 Å². The number of pyridine rings is 1. The topological polar surface area (TPSA) is 33.1 Å². The fourth-order valence-electron chi connectivity index (χ4n) is 1.82. The summed E-state index contributed by atoms with van der Waals surface area (Å²) in [5.74, 6) is 0.245. The van der Waals surface area contributed by atoms with Gasteiger partial charge in [0.2, 0.25) is 0 Å². The number of fused-ring (bicyclic) bond motifs is 1. The van der Waals surface area contributed by atoms with Crippen LogP contribution in [-0.4, -0.2) is 35.7 Å². The maximum absolute atomic E-state index is 9.63. The molecule has 0 amide bonds. The molecule has 0 radical (unpaired) electrons. The number of phenolic OH excluding ortho intramolecular Hbond substituents is 1. The van der Waals surface area contributed by atoms with E-state index in [0.717, 1.165) is 16.4 Å². The van der Waals surface area contributed by atoms with Gasteiger partial charge >= 0.3 is 0 Å². The van der Waals surface area contributed by atoms with Crippen molar-refractivity contribution in [1.82, 2.24) is 4.98 Å². The molecule has 92 valence electrons. The minimum atomic E-state index is 0. The van der Waals surface area contributed by atoms with Crippen LogP contribution in [0.1, 0.15) is 5.56 Å². The lowest BCUT2D eigenvalue weighted by molar-refractivity contribution is -0.884. The zero-order valence-corrected chi connectivity index (χ0v) is 11.9. The second-order valence-electron chi connectivity index (χ2n) is 5.14. The fraction of sp³-hybridized carbons (Fsp3) is 0.308. The fourth-order valence-corrected chi connectivity index (χ4v) is 1.82. The smallest absolute Gasteiger partial charge is 0.141 e. The first-order valence-electron chi connectivity index (χ1n) is 5.33. The van der Waals surface area contributed by atoms with Crippen LogP contribution in [-0.2, 0) is 6.54 Å². The van der Waals surface area contributed by atoms with Crippen LogP contribution in [0.4, 0.5) is 0 Å². The Morgan fingerprint density at radius 1 is 1.24 bits per heavy atom. The minimum absolute atomic E-state index is 0. The lowest BCUT2D eigenvalue weighted by atomic mass is 10.1. The molecule has 1 heterocycles. The van der Waals surface area contributed by atoms with Crippen LogP contribution < -0.4 is 17.0 Å². The van der Waals surface area contributed by atoms with Crippen LogP contribution in [0.25, 0.3) is 10.9 Å². The Bertz CT molecular complexity index is 520. The summed E-state index contributed by atoms with van der Waals surface area (Å²) >= 11 is 0. The van der Waals surface area contributed by atoms with E-state index in [0.29, 0.717) is 5.52 Å². The van der Waals surface area contributed by atoms with Crippen LogP contribution in [0.5, 0.6) is 5.75 Å². The van der Waals surface area contributed by atoms with E-state index in [1.54, 1.807) is 6.07 Å². The van der Waals surface area contributed by atoms with Crippen LogP contribution in [0.2, 0.25) is 0 Å². The number of rotatable bonds is 2. The maximum Gasteiger partial charge on any atom is 0.141 e. The molecule has 1 aromatic carbocycles. The number of para-hydroxylation sites is 1. The standard InChI is InChI=1S/C13H16N2O.BrH/c1-15(2,3)9-10-7-11-5-4-6-12(16)13(11)14-8-10;/h4-8H,9H2,1-3H3;1H. The van der Waals surface area contributed by atoms with Crippen LogP contribution >= 0.6 is 0 Å². The summed E-state index contributed by atoms with van der Waals surface area (Å²) in [6.07, 6.45) is 1.84. The first kappa shape index (κ1) is 13.9. The quantitative estimate of drug-likeness (QED) is 0.733. The molecule has 4 heteroatoms. The summed E-state index contributed by atoms with van der Waals surface area (Å²) in [5.41, 5.74) is 1.86. The van der Waals surface area contributed by atoms with Crippen molar-refractivity contribution in [3.05, 3.63) is 36.0 Å². The van der Waals surface area contributed by atoms with Crippen molar-refractivity contribution < 1.29 is 26.6 Å². The molecule has 0 spiro atoms. The van der Waals surface area contributed by atoms with Gasteiger partial charge in [0.15, 0.2) is 0 Å². The number of quaternary nitrogens is 1. The molecule has 0 aliphatic rings. The van der Waals surface area contributed by atoms with Crippen LogP contribution in [0.15, 0.2) is 30.5 Å². The van der Waals surface area contributed by atoms with Crippen molar-refractivity contribution in [2.45, 2.75) is 6.54 Å². The third kappa shape index (κ3) is 3.41. The van der Waals surface area contributed by atoms with Gasteiger partial charge in [-0.2, -0.15) is 0 Å². The number of aromatic nitrogens is 1. The zero-order chi connectivity index (χ0) is 11.8. The summed E-state index contributed by atoms with van der Waals surface area (Å²) in [4.78, 5) is 4.30. The van der Waals surface area contributed by atoms with Crippen molar-refractivity contribution in [2.75, 3.05) is 21.1 Å². The van der Waals surface area contributed by atoms with Gasteiger partial charge in [-0.1, -0.05) is 12.1 Å². The highest BCUT2D eigenvalue weighted by Crippen LogP contribution is 2.23. The van der Waals surface area contributed by atoms with E-state index in [1.807, 2.05) is 18.3 Å². The molecule has 0 fully saturated rings. The van der Waals surface area contributed by atoms with Gasteiger partial charge in [-0.05, 0) is 12.1 Å². The molecule has 1 aromatic heterocycles. The summed E-state index contributed by atoms with van der Waals surface area (Å²) in [6.45, 7) is 0.929. The van der Waals surface area contributed by atoms with E-state index in [9.17, 15) is 5.11 Å². The van der Waals surface area contributed by atoms with Gasteiger partial charge in [-0.3, -0.25) is 4.98 Å². The highest BCUT2D eigenvalue weighted by atomic mass is 79.9. The van der Waals surface area contributed by atoms with Gasteiger partial charge in [0.25, 0.3) is 0 Å². The maximum atomic E-state index is 9.63. The molecular weight excluding hydrogens is 280 g/mol. The second kappa shape index (κ2) is 5.02. The van der Waals surface area contributed by atoms with E-state index in [4.69, 9.17) is 0 Å². The Labute approximate surface area is 112 Å². The van der Waals surface area contributed by atoms with Gasteiger partial charge in [0.05, 0.1) is 21.1 Å². The molecule has 2 rings (SSSR count). The van der Waals surface area contributed by atoms with E-state index < -0.39 is 0 Å². The van der Waals surface area contributed by atoms with E-state index in [1.165, 1.54) is 5.56 Å². The van der Waals surface area contributed by atoms with Crippen molar-refractivity contribution >= 4 is 10.9 Å². The minimum Gasteiger partial charge on any atom is -1.00 e. The van der Waals surface area contributed by atoms with Crippen molar-refractivity contribution in [1.29, 1.82) is 0 Å². The Balaban J connectivity index is 0.00000144. The molecule has 0 saturated carbocycles. The molecular formula is C13H17BrN2O. The number of hydrogen-bond acceptors (Lipinski definition) is 2. The molecule has 0 aliphatic carbocycles. The van der Waals surface area contributed by atoms with Gasteiger partial charge < -0.3 is 26.6 Å². The Morgan fingerprint density at radius 2 is 1.94 bits per heavy atom. The molecule has 3 nitrogen and oxygen atoms in total. The number of halogens is 1. The first-order valence-corrected chi connectivity index (χ1v) is 5.33. The Morgan fingerprint density at radius 3 is 2.59 bits per heavy atom.